The average Bonchev–Trinajstić information content (AvgIpc) is 1.75. The zero-order valence-corrected chi connectivity index (χ0v) is 7.44. The van der Waals surface area contributed by atoms with E-state index in [2.05, 4.69) is 0 Å². The van der Waals surface area contributed by atoms with Crippen molar-refractivity contribution in [3.63, 3.8) is 0 Å². The molecule has 66 valence electrons. The first-order valence-electron chi connectivity index (χ1n) is 4.11. The van der Waals surface area contributed by atoms with Gasteiger partial charge in [0.05, 0.1) is 6.61 Å². The van der Waals surface area contributed by atoms with Crippen LogP contribution in [0.1, 0.15) is 25.7 Å². The number of hydrogen-bond donors (Lipinski definition) is 2. The van der Waals surface area contributed by atoms with Crippen LogP contribution in [0.5, 0.6) is 0 Å². The molecule has 0 radical (unpaired) electrons. The number of rotatable bonds is 3. The molecule has 11 heavy (non-hydrogen) atoms. The van der Waals surface area contributed by atoms with Gasteiger partial charge in [-0.2, -0.15) is 0 Å². The highest BCUT2D eigenvalue weighted by atomic mass is 35.5. The van der Waals surface area contributed by atoms with Crippen molar-refractivity contribution in [2.45, 2.75) is 31.7 Å². The van der Waals surface area contributed by atoms with Crippen LogP contribution in [0.25, 0.3) is 0 Å². The predicted molar refractivity (Wildman–Crippen MR) is 46.7 cm³/mol. The summed E-state index contributed by atoms with van der Waals surface area (Å²) < 4.78 is 0. The van der Waals surface area contributed by atoms with Crippen LogP contribution in [0.3, 0.4) is 0 Å². The molecule has 0 unspecified atom stereocenters. The van der Waals surface area contributed by atoms with Gasteiger partial charge in [-0.3, -0.25) is 0 Å². The van der Waals surface area contributed by atoms with Crippen molar-refractivity contribution < 1.29 is 5.11 Å². The molecule has 3 rings (SSSR count). The summed E-state index contributed by atoms with van der Waals surface area (Å²) in [7, 11) is 0. The Hall–Kier alpha value is 0.210. The van der Waals surface area contributed by atoms with Gasteiger partial charge in [0.15, 0.2) is 0 Å². The summed E-state index contributed by atoms with van der Waals surface area (Å²) >= 11 is 0. The first kappa shape index (κ1) is 9.30. The molecule has 0 spiro atoms. The van der Waals surface area contributed by atoms with E-state index < -0.39 is 0 Å². The first-order chi connectivity index (χ1) is 4.74. The Bertz CT molecular complexity index is 134. The third-order valence-electron chi connectivity index (χ3n) is 3.09. The topological polar surface area (TPSA) is 46.2 Å². The van der Waals surface area contributed by atoms with Crippen LogP contribution < -0.4 is 5.73 Å². The van der Waals surface area contributed by atoms with E-state index in [0.29, 0.717) is 5.41 Å². The Morgan fingerprint density at radius 1 is 1.45 bits per heavy atom. The molecule has 3 aliphatic carbocycles. The Labute approximate surface area is 73.6 Å². The highest BCUT2D eigenvalue weighted by Gasteiger charge is 2.56. The lowest BCUT2D eigenvalue weighted by molar-refractivity contribution is -0.118. The number of aliphatic hydroxyl groups excluding tert-OH is 1. The molecule has 2 nitrogen and oxygen atoms in total. The average molecular weight is 178 g/mol. The lowest BCUT2D eigenvalue weighted by Gasteiger charge is -2.63. The van der Waals surface area contributed by atoms with Gasteiger partial charge in [0.1, 0.15) is 0 Å². The van der Waals surface area contributed by atoms with Crippen LogP contribution in [0.15, 0.2) is 0 Å². The van der Waals surface area contributed by atoms with Gasteiger partial charge < -0.3 is 10.8 Å². The maximum atomic E-state index is 8.71. The number of aliphatic hydroxyl groups is 1. The molecule has 3 N–H and O–H groups in total. The normalized spacial score (nSPS) is 41.5. The first-order valence-corrected chi connectivity index (χ1v) is 4.11. The van der Waals surface area contributed by atoms with E-state index >= 15 is 0 Å². The maximum absolute atomic E-state index is 8.71. The van der Waals surface area contributed by atoms with E-state index in [4.69, 9.17) is 10.8 Å². The van der Waals surface area contributed by atoms with Gasteiger partial charge in [-0.1, -0.05) is 0 Å². The molecule has 3 aliphatic rings. The van der Waals surface area contributed by atoms with Gasteiger partial charge >= 0.3 is 0 Å². The third-order valence-corrected chi connectivity index (χ3v) is 3.09. The molecule has 0 amide bonds. The predicted octanol–water partition coefficient (Wildman–Crippen LogP) is 0.918. The van der Waals surface area contributed by atoms with E-state index in [-0.39, 0.29) is 25.1 Å². The van der Waals surface area contributed by atoms with Crippen LogP contribution in [-0.4, -0.2) is 17.8 Å². The molecule has 0 heterocycles. The molecule has 3 fully saturated rings. The summed E-state index contributed by atoms with van der Waals surface area (Å²) in [5, 5.41) is 8.71. The fourth-order valence-corrected chi connectivity index (χ4v) is 2.53. The highest BCUT2D eigenvalue weighted by Crippen LogP contribution is 2.66. The zero-order valence-electron chi connectivity index (χ0n) is 6.62. The van der Waals surface area contributed by atoms with E-state index in [1.165, 1.54) is 19.3 Å². The Kier molecular flexibility index (Phi) is 2.47. The van der Waals surface area contributed by atoms with Gasteiger partial charge in [0.2, 0.25) is 0 Å². The van der Waals surface area contributed by atoms with Crippen LogP contribution in [0.2, 0.25) is 0 Å². The standard InChI is InChI=1S/C8H15NO.ClH/c9-7(5-10)4-8-1-6(2-8)3-8;/h6-7,10H,1-5,9H2;1H/t6?,7-,8?;/m1./s1. The van der Waals surface area contributed by atoms with Crippen molar-refractivity contribution in [2.24, 2.45) is 17.1 Å². The van der Waals surface area contributed by atoms with Gasteiger partial charge in [0.25, 0.3) is 0 Å². The summed E-state index contributed by atoms with van der Waals surface area (Å²) in [6.07, 6.45) is 5.22. The van der Waals surface area contributed by atoms with Crippen molar-refractivity contribution in [3.05, 3.63) is 0 Å². The largest absolute Gasteiger partial charge is 0.395 e. The Morgan fingerprint density at radius 2 is 2.00 bits per heavy atom. The van der Waals surface area contributed by atoms with Gasteiger partial charge in [0, 0.05) is 6.04 Å². The molecule has 0 aromatic rings. The van der Waals surface area contributed by atoms with Crippen LogP contribution >= 0.6 is 12.4 Å². The minimum Gasteiger partial charge on any atom is -0.395 e. The minimum atomic E-state index is 0. The number of hydrogen-bond acceptors (Lipinski definition) is 2. The van der Waals surface area contributed by atoms with Crippen molar-refractivity contribution in [3.8, 4) is 0 Å². The molecule has 0 aromatic heterocycles. The van der Waals surface area contributed by atoms with Gasteiger partial charge in [-0.15, -0.1) is 12.4 Å². The van der Waals surface area contributed by atoms with Gasteiger partial charge in [-0.25, -0.2) is 0 Å². The summed E-state index contributed by atoms with van der Waals surface area (Å²) in [4.78, 5) is 0. The zero-order chi connectivity index (χ0) is 7.19. The van der Waals surface area contributed by atoms with Crippen LogP contribution in [0, 0.1) is 11.3 Å². The molecular weight excluding hydrogens is 162 g/mol. The molecule has 2 bridgehead atoms. The molecule has 0 aromatic carbocycles. The number of halogens is 1. The van der Waals surface area contributed by atoms with Crippen LogP contribution in [-0.2, 0) is 0 Å². The van der Waals surface area contributed by atoms with Gasteiger partial charge in [-0.05, 0) is 37.0 Å². The Morgan fingerprint density at radius 3 is 2.27 bits per heavy atom. The van der Waals surface area contributed by atoms with E-state index in [9.17, 15) is 0 Å². The second kappa shape index (κ2) is 2.92. The smallest absolute Gasteiger partial charge is 0.0582 e. The summed E-state index contributed by atoms with van der Waals surface area (Å²) in [6, 6.07) is 0.0428. The molecule has 3 saturated carbocycles. The lowest BCUT2D eigenvalue weighted by atomic mass is 9.43. The molecule has 0 aliphatic heterocycles. The second-order valence-corrected chi connectivity index (χ2v) is 4.13. The fraction of sp³-hybridized carbons (Fsp3) is 1.00. The van der Waals surface area contributed by atoms with Crippen LogP contribution in [0.4, 0.5) is 0 Å². The minimum absolute atomic E-state index is 0. The monoisotopic (exact) mass is 177 g/mol. The Balaban J connectivity index is 0.000000605. The second-order valence-electron chi connectivity index (χ2n) is 4.13. The maximum Gasteiger partial charge on any atom is 0.0582 e. The lowest BCUT2D eigenvalue weighted by Crippen LogP contribution is -2.54. The van der Waals surface area contributed by atoms with Crippen molar-refractivity contribution in [1.29, 1.82) is 0 Å². The summed E-state index contributed by atoms with van der Waals surface area (Å²) in [6.45, 7) is 0.159. The van der Waals surface area contributed by atoms with E-state index in [0.717, 1.165) is 12.3 Å². The molecule has 1 atom stereocenters. The summed E-state index contributed by atoms with van der Waals surface area (Å²) in [5.74, 6) is 1.03. The third kappa shape index (κ3) is 1.40. The van der Waals surface area contributed by atoms with Crippen molar-refractivity contribution >= 4 is 12.4 Å². The van der Waals surface area contributed by atoms with Crippen molar-refractivity contribution in [1.82, 2.24) is 0 Å². The van der Waals surface area contributed by atoms with E-state index in [1.54, 1.807) is 0 Å². The SMILES string of the molecule is Cl.N[C@@H](CO)CC12CC(C1)C2. The van der Waals surface area contributed by atoms with Crippen molar-refractivity contribution in [2.75, 3.05) is 6.61 Å². The highest BCUT2D eigenvalue weighted by molar-refractivity contribution is 5.85. The van der Waals surface area contributed by atoms with E-state index in [1.807, 2.05) is 0 Å². The molecule has 3 heteroatoms. The quantitative estimate of drug-likeness (QED) is 0.674. The molecular formula is C8H16ClNO. The fourth-order valence-electron chi connectivity index (χ4n) is 2.53. The molecule has 0 saturated heterocycles. The number of nitrogens with two attached hydrogens (primary N) is 1. The summed E-state index contributed by atoms with van der Waals surface area (Å²) in [5.41, 5.74) is 6.25.